The lowest BCUT2D eigenvalue weighted by Gasteiger charge is -2.37. The van der Waals surface area contributed by atoms with Gasteiger partial charge in [-0.15, -0.1) is 0 Å². The number of nitrogens with zero attached hydrogens (tertiary/aromatic N) is 3. The van der Waals surface area contributed by atoms with Crippen LogP contribution in [-0.2, 0) is 11.3 Å². The number of hydrogen-bond donors (Lipinski definition) is 1. The molecule has 0 bridgehead atoms. The summed E-state index contributed by atoms with van der Waals surface area (Å²) in [6.45, 7) is 9.98. The Morgan fingerprint density at radius 2 is 1.90 bits per heavy atom. The molecule has 2 unspecified atom stereocenters. The molecule has 1 amide bonds. The van der Waals surface area contributed by atoms with Gasteiger partial charge in [0, 0.05) is 43.3 Å². The van der Waals surface area contributed by atoms with Crippen molar-refractivity contribution in [3.05, 3.63) is 65.3 Å². The van der Waals surface area contributed by atoms with Gasteiger partial charge in [0.15, 0.2) is 5.69 Å². The summed E-state index contributed by atoms with van der Waals surface area (Å²) in [6.07, 6.45) is 2.15. The van der Waals surface area contributed by atoms with Crippen LogP contribution in [-0.4, -0.2) is 41.3 Å². The molecule has 3 heterocycles. The highest BCUT2D eigenvalue weighted by Gasteiger charge is 2.23. The fourth-order valence-corrected chi connectivity index (χ4v) is 4.05. The molecule has 7 heteroatoms. The van der Waals surface area contributed by atoms with Crippen molar-refractivity contribution in [1.82, 2.24) is 15.5 Å². The second-order valence-electron chi connectivity index (χ2n) is 8.20. The van der Waals surface area contributed by atoms with Crippen LogP contribution < -0.4 is 10.2 Å². The van der Waals surface area contributed by atoms with Crippen LogP contribution in [0, 0.1) is 13.8 Å². The summed E-state index contributed by atoms with van der Waals surface area (Å²) in [5.41, 5.74) is 5.53. The fourth-order valence-electron chi connectivity index (χ4n) is 4.05. The molecule has 1 aliphatic heterocycles. The second-order valence-corrected chi connectivity index (χ2v) is 8.20. The lowest BCUT2D eigenvalue weighted by Crippen LogP contribution is -2.45. The number of aromatic nitrogens is 2. The maximum atomic E-state index is 12.5. The van der Waals surface area contributed by atoms with Crippen LogP contribution in [0.4, 0.5) is 5.69 Å². The van der Waals surface area contributed by atoms with Crippen molar-refractivity contribution in [2.45, 2.75) is 46.4 Å². The van der Waals surface area contributed by atoms with E-state index < -0.39 is 0 Å². The van der Waals surface area contributed by atoms with Crippen molar-refractivity contribution in [2.75, 3.05) is 18.0 Å². The molecule has 0 saturated carbocycles. The number of amides is 1. The maximum absolute atomic E-state index is 12.5. The summed E-state index contributed by atoms with van der Waals surface area (Å²) in [6, 6.07) is 12.1. The van der Waals surface area contributed by atoms with Crippen LogP contribution >= 0.6 is 0 Å². The van der Waals surface area contributed by atoms with Crippen LogP contribution in [0.15, 0.2) is 47.1 Å². The second kappa shape index (κ2) is 8.89. The molecular formula is C24H28N4O3. The van der Waals surface area contributed by atoms with E-state index >= 15 is 0 Å². The number of carbonyl (C=O) groups excluding carboxylic acids is 1. The monoisotopic (exact) mass is 420 g/mol. The summed E-state index contributed by atoms with van der Waals surface area (Å²) in [5.74, 6) is 0.350. The first-order chi connectivity index (χ1) is 14.9. The maximum Gasteiger partial charge on any atom is 0.273 e. The van der Waals surface area contributed by atoms with E-state index in [1.54, 1.807) is 13.0 Å². The van der Waals surface area contributed by atoms with Gasteiger partial charge < -0.3 is 19.5 Å². The van der Waals surface area contributed by atoms with E-state index in [0.717, 1.165) is 41.2 Å². The molecule has 4 rings (SSSR count). The third kappa shape index (κ3) is 4.94. The highest BCUT2D eigenvalue weighted by atomic mass is 16.5. The molecule has 3 aromatic rings. The Morgan fingerprint density at radius 3 is 2.58 bits per heavy atom. The van der Waals surface area contributed by atoms with Crippen LogP contribution in [0.1, 0.15) is 41.4 Å². The average molecular weight is 421 g/mol. The van der Waals surface area contributed by atoms with Crippen molar-refractivity contribution in [3.63, 3.8) is 0 Å². The van der Waals surface area contributed by atoms with Gasteiger partial charge in [-0.2, -0.15) is 0 Å². The van der Waals surface area contributed by atoms with Gasteiger partial charge in [0.25, 0.3) is 5.91 Å². The van der Waals surface area contributed by atoms with E-state index in [2.05, 4.69) is 58.5 Å². The number of anilines is 1. The Bertz CT molecular complexity index is 1070. The summed E-state index contributed by atoms with van der Waals surface area (Å²) >= 11 is 0. The normalized spacial score (nSPS) is 18.8. The molecular weight excluding hydrogens is 392 g/mol. The number of morpholine rings is 1. The van der Waals surface area contributed by atoms with Gasteiger partial charge in [0.05, 0.1) is 12.2 Å². The van der Waals surface area contributed by atoms with E-state index in [9.17, 15) is 4.79 Å². The number of nitrogens with one attached hydrogen (secondary N) is 1. The molecule has 2 aromatic heterocycles. The molecule has 1 saturated heterocycles. The molecule has 31 heavy (non-hydrogen) atoms. The molecule has 1 fully saturated rings. The predicted octanol–water partition coefficient (Wildman–Crippen LogP) is 3.90. The summed E-state index contributed by atoms with van der Waals surface area (Å²) in [7, 11) is 0. The number of pyridine rings is 1. The Hall–Kier alpha value is -3.19. The molecule has 1 aromatic carbocycles. The molecule has 7 nitrogen and oxygen atoms in total. The molecule has 0 radical (unpaired) electrons. The first kappa shape index (κ1) is 21.1. The first-order valence-electron chi connectivity index (χ1n) is 10.6. The topological polar surface area (TPSA) is 80.5 Å². The highest BCUT2D eigenvalue weighted by molar-refractivity contribution is 5.92. The van der Waals surface area contributed by atoms with Crippen molar-refractivity contribution in [3.8, 4) is 11.1 Å². The molecule has 1 N–H and O–H groups in total. The summed E-state index contributed by atoms with van der Waals surface area (Å²) < 4.78 is 10.9. The van der Waals surface area contributed by atoms with Crippen LogP contribution in [0.3, 0.4) is 0 Å². The standard InChI is InChI=1S/C24H28N4O3/c1-15-9-19(7-8-25-15)22-6-5-21(28-13-17(3)30-18(4)14-28)11-20(22)12-26-24(29)23-10-16(2)31-27-23/h5-11,17-18H,12-14H2,1-4H3,(H,26,29). The van der Waals surface area contributed by atoms with Gasteiger partial charge in [0.1, 0.15) is 5.76 Å². The third-order valence-corrected chi connectivity index (χ3v) is 5.38. The fraction of sp³-hybridized carbons (Fsp3) is 0.375. The lowest BCUT2D eigenvalue weighted by molar-refractivity contribution is -0.00522. The molecule has 162 valence electrons. The van der Waals surface area contributed by atoms with Gasteiger partial charge in [-0.1, -0.05) is 11.2 Å². The third-order valence-electron chi connectivity index (χ3n) is 5.38. The van der Waals surface area contributed by atoms with Crippen LogP contribution in [0.5, 0.6) is 0 Å². The number of rotatable bonds is 5. The van der Waals surface area contributed by atoms with Gasteiger partial charge in [0.2, 0.25) is 0 Å². The minimum Gasteiger partial charge on any atom is -0.372 e. The number of hydrogen-bond acceptors (Lipinski definition) is 6. The van der Waals surface area contributed by atoms with Crippen molar-refractivity contribution in [1.29, 1.82) is 0 Å². The van der Waals surface area contributed by atoms with Gasteiger partial charge in [-0.05, 0) is 68.7 Å². The van der Waals surface area contributed by atoms with Gasteiger partial charge >= 0.3 is 0 Å². The minimum absolute atomic E-state index is 0.171. The Balaban J connectivity index is 1.64. The molecule has 0 aliphatic carbocycles. The Labute approximate surface area is 182 Å². The lowest BCUT2D eigenvalue weighted by atomic mass is 9.98. The summed E-state index contributed by atoms with van der Waals surface area (Å²) in [5, 5.41) is 6.79. The van der Waals surface area contributed by atoms with Gasteiger partial charge in [-0.3, -0.25) is 9.78 Å². The van der Waals surface area contributed by atoms with Crippen molar-refractivity contribution in [2.24, 2.45) is 0 Å². The predicted molar refractivity (Wildman–Crippen MR) is 119 cm³/mol. The van der Waals surface area contributed by atoms with Crippen molar-refractivity contribution >= 4 is 11.6 Å². The number of benzene rings is 1. The smallest absolute Gasteiger partial charge is 0.273 e. The quantitative estimate of drug-likeness (QED) is 0.674. The van der Waals surface area contributed by atoms with Crippen LogP contribution in [0.2, 0.25) is 0 Å². The Morgan fingerprint density at radius 1 is 1.13 bits per heavy atom. The zero-order valence-corrected chi connectivity index (χ0v) is 18.4. The first-order valence-corrected chi connectivity index (χ1v) is 10.6. The zero-order chi connectivity index (χ0) is 22.0. The number of ether oxygens (including phenoxy) is 1. The van der Waals surface area contributed by atoms with E-state index in [0.29, 0.717) is 12.3 Å². The SMILES string of the molecule is Cc1cc(-c2ccc(N3CC(C)OC(C)C3)cc2CNC(=O)c2cc(C)on2)ccn1. The Kier molecular flexibility index (Phi) is 6.04. The van der Waals surface area contributed by atoms with Crippen LogP contribution in [0.25, 0.3) is 11.1 Å². The van der Waals surface area contributed by atoms with Gasteiger partial charge in [-0.25, -0.2) is 0 Å². The zero-order valence-electron chi connectivity index (χ0n) is 18.4. The number of carbonyl (C=O) groups is 1. The number of aryl methyl sites for hydroxylation is 2. The highest BCUT2D eigenvalue weighted by Crippen LogP contribution is 2.30. The largest absolute Gasteiger partial charge is 0.372 e. The molecule has 0 spiro atoms. The minimum atomic E-state index is -0.257. The summed E-state index contributed by atoms with van der Waals surface area (Å²) in [4.78, 5) is 19.2. The van der Waals surface area contributed by atoms with E-state index in [-0.39, 0.29) is 23.8 Å². The van der Waals surface area contributed by atoms with E-state index in [4.69, 9.17) is 9.26 Å². The van der Waals surface area contributed by atoms with E-state index in [1.807, 2.05) is 19.2 Å². The molecule has 1 aliphatic rings. The average Bonchev–Trinajstić information content (AvgIpc) is 3.17. The molecule has 2 atom stereocenters. The van der Waals surface area contributed by atoms with E-state index in [1.165, 1.54) is 0 Å². The van der Waals surface area contributed by atoms with Crippen molar-refractivity contribution < 1.29 is 14.1 Å².